The van der Waals surface area contributed by atoms with Gasteiger partial charge in [0.15, 0.2) is 0 Å². The number of benzene rings is 2. The number of fused-ring (bicyclic) bond motifs is 1. The predicted octanol–water partition coefficient (Wildman–Crippen LogP) is 3.05. The van der Waals surface area contributed by atoms with Crippen molar-refractivity contribution in [2.24, 2.45) is 0 Å². The minimum Gasteiger partial charge on any atom is -0.394 e. The van der Waals surface area contributed by atoms with E-state index in [0.717, 1.165) is 10.5 Å². The second-order valence-corrected chi connectivity index (χ2v) is 5.19. The van der Waals surface area contributed by atoms with E-state index in [-0.39, 0.29) is 18.8 Å². The Labute approximate surface area is 140 Å². The van der Waals surface area contributed by atoms with Gasteiger partial charge >= 0.3 is 0 Å². The van der Waals surface area contributed by atoms with Crippen molar-refractivity contribution in [3.05, 3.63) is 71.0 Å². The number of hydrogen-bond acceptors (Lipinski definition) is 3. The zero-order valence-corrected chi connectivity index (χ0v) is 13.7. The number of amides is 2. The molecule has 0 radical (unpaired) electrons. The van der Waals surface area contributed by atoms with Crippen molar-refractivity contribution in [3.8, 4) is 0 Å². The van der Waals surface area contributed by atoms with Crippen molar-refractivity contribution in [1.82, 2.24) is 4.90 Å². The highest BCUT2D eigenvalue weighted by molar-refractivity contribution is 6.21. The van der Waals surface area contributed by atoms with Crippen LogP contribution in [0.4, 0.5) is 4.39 Å². The normalized spacial score (nSPS) is 14.1. The molecule has 24 heavy (non-hydrogen) atoms. The molecule has 1 aliphatic heterocycles. The Morgan fingerprint density at radius 1 is 0.958 bits per heavy atom. The number of rotatable bonds is 4. The molecule has 1 atom stereocenters. The summed E-state index contributed by atoms with van der Waals surface area (Å²) in [7, 11) is 0. The first kappa shape index (κ1) is 17.8. The zero-order valence-electron chi connectivity index (χ0n) is 13.7. The molecule has 3 rings (SSSR count). The van der Waals surface area contributed by atoms with Gasteiger partial charge in [0.1, 0.15) is 5.82 Å². The van der Waals surface area contributed by atoms with Gasteiger partial charge in [0.25, 0.3) is 11.8 Å². The van der Waals surface area contributed by atoms with Gasteiger partial charge in [0, 0.05) is 0 Å². The molecule has 0 aromatic heterocycles. The van der Waals surface area contributed by atoms with E-state index in [9.17, 15) is 19.1 Å². The second-order valence-electron chi connectivity index (χ2n) is 5.19. The molecule has 5 heteroatoms. The predicted molar refractivity (Wildman–Crippen MR) is 89.3 cm³/mol. The highest BCUT2D eigenvalue weighted by Gasteiger charge is 2.39. The summed E-state index contributed by atoms with van der Waals surface area (Å²) in [5.41, 5.74) is 1.45. The smallest absolute Gasteiger partial charge is 0.261 e. The minimum absolute atomic E-state index is 0.280. The van der Waals surface area contributed by atoms with Crippen molar-refractivity contribution < 1.29 is 19.1 Å². The van der Waals surface area contributed by atoms with Crippen LogP contribution in [-0.4, -0.2) is 34.5 Å². The summed E-state index contributed by atoms with van der Waals surface area (Å²) in [6.45, 7) is 3.66. The maximum Gasteiger partial charge on any atom is 0.261 e. The molecule has 0 aliphatic carbocycles. The monoisotopic (exact) mass is 329 g/mol. The molecule has 2 aromatic rings. The average molecular weight is 329 g/mol. The van der Waals surface area contributed by atoms with Gasteiger partial charge in [0.2, 0.25) is 0 Å². The van der Waals surface area contributed by atoms with Crippen LogP contribution in [0.5, 0.6) is 0 Å². The molecule has 0 fully saturated rings. The van der Waals surface area contributed by atoms with Gasteiger partial charge in [-0.1, -0.05) is 38.1 Å². The van der Waals surface area contributed by atoms with Gasteiger partial charge in [-0.15, -0.1) is 0 Å². The number of aliphatic hydroxyl groups excluding tert-OH is 1. The van der Waals surface area contributed by atoms with E-state index in [0.29, 0.717) is 11.1 Å². The number of aliphatic hydroxyl groups is 1. The summed E-state index contributed by atoms with van der Waals surface area (Å²) >= 11 is 0. The summed E-state index contributed by atoms with van der Waals surface area (Å²) in [5.74, 6) is -1.16. The van der Waals surface area contributed by atoms with Crippen LogP contribution in [-0.2, 0) is 6.42 Å². The van der Waals surface area contributed by atoms with E-state index in [1.807, 2.05) is 13.8 Å². The minimum atomic E-state index is -0.669. The first-order chi connectivity index (χ1) is 11.6. The maximum atomic E-state index is 12.9. The molecule has 2 aromatic carbocycles. The Bertz CT molecular complexity index is 693. The van der Waals surface area contributed by atoms with Crippen molar-refractivity contribution >= 4 is 11.8 Å². The van der Waals surface area contributed by atoms with Crippen molar-refractivity contribution in [3.63, 3.8) is 0 Å². The lowest BCUT2D eigenvalue weighted by molar-refractivity contribution is 0.0516. The Hall–Kier alpha value is -2.53. The van der Waals surface area contributed by atoms with Crippen LogP contribution in [0.3, 0.4) is 0 Å². The summed E-state index contributed by atoms with van der Waals surface area (Å²) in [6.07, 6.45) is 0.280. The Morgan fingerprint density at radius 3 is 1.92 bits per heavy atom. The first-order valence-electron chi connectivity index (χ1n) is 7.94. The topological polar surface area (TPSA) is 57.6 Å². The van der Waals surface area contributed by atoms with Gasteiger partial charge in [-0.3, -0.25) is 14.5 Å². The molecule has 0 saturated heterocycles. The third kappa shape index (κ3) is 3.36. The van der Waals surface area contributed by atoms with E-state index >= 15 is 0 Å². The molecule has 1 aliphatic rings. The van der Waals surface area contributed by atoms with E-state index in [1.165, 1.54) is 12.1 Å². The fraction of sp³-hybridized carbons (Fsp3) is 0.263. The summed E-state index contributed by atoms with van der Waals surface area (Å²) in [5, 5.41) is 9.60. The lowest BCUT2D eigenvalue weighted by atomic mass is 10.1. The highest BCUT2D eigenvalue weighted by atomic mass is 19.1. The number of halogens is 1. The van der Waals surface area contributed by atoms with E-state index in [1.54, 1.807) is 36.4 Å². The molecule has 1 heterocycles. The van der Waals surface area contributed by atoms with E-state index in [4.69, 9.17) is 0 Å². The Kier molecular flexibility index (Phi) is 5.82. The first-order valence-corrected chi connectivity index (χ1v) is 7.94. The highest BCUT2D eigenvalue weighted by Crippen LogP contribution is 2.25. The Balaban J connectivity index is 0.00000100. The van der Waals surface area contributed by atoms with Crippen LogP contribution in [0.15, 0.2) is 48.5 Å². The molecule has 0 bridgehead atoms. The molecule has 0 spiro atoms. The van der Waals surface area contributed by atoms with Gasteiger partial charge in [-0.25, -0.2) is 4.39 Å². The molecule has 0 saturated carbocycles. The van der Waals surface area contributed by atoms with E-state index in [2.05, 4.69) is 0 Å². The third-order valence-corrected chi connectivity index (χ3v) is 3.79. The number of hydrogen-bond donors (Lipinski definition) is 1. The molecular formula is C19H20FNO3. The quantitative estimate of drug-likeness (QED) is 0.877. The third-order valence-electron chi connectivity index (χ3n) is 3.79. The molecule has 126 valence electrons. The van der Waals surface area contributed by atoms with Crippen LogP contribution in [0.25, 0.3) is 0 Å². The summed E-state index contributed by atoms with van der Waals surface area (Å²) < 4.78 is 12.9. The van der Waals surface area contributed by atoms with Crippen molar-refractivity contribution in [2.75, 3.05) is 6.61 Å². The van der Waals surface area contributed by atoms with Gasteiger partial charge in [0.05, 0.1) is 23.8 Å². The van der Waals surface area contributed by atoms with Crippen molar-refractivity contribution in [2.45, 2.75) is 26.3 Å². The largest absolute Gasteiger partial charge is 0.394 e. The van der Waals surface area contributed by atoms with Crippen molar-refractivity contribution in [1.29, 1.82) is 0 Å². The molecule has 1 N–H and O–H groups in total. The van der Waals surface area contributed by atoms with Gasteiger partial charge < -0.3 is 5.11 Å². The van der Waals surface area contributed by atoms with Gasteiger partial charge in [-0.2, -0.15) is 0 Å². The van der Waals surface area contributed by atoms with Crippen LogP contribution in [0, 0.1) is 5.82 Å². The Morgan fingerprint density at radius 2 is 1.46 bits per heavy atom. The SMILES string of the molecule is CC.O=C1c2ccccc2C(=O)N1[C@H](CO)Cc1ccc(F)cc1. The van der Waals surface area contributed by atoms with Crippen LogP contribution >= 0.6 is 0 Å². The fourth-order valence-electron chi connectivity index (χ4n) is 2.67. The maximum absolute atomic E-state index is 12.9. The number of nitrogens with zero attached hydrogens (tertiary/aromatic N) is 1. The average Bonchev–Trinajstić information content (AvgIpc) is 2.88. The van der Waals surface area contributed by atoms with Crippen LogP contribution < -0.4 is 0 Å². The summed E-state index contributed by atoms with van der Waals surface area (Å²) in [4.78, 5) is 25.9. The molecule has 0 unspecified atom stereocenters. The molecular weight excluding hydrogens is 309 g/mol. The van der Waals surface area contributed by atoms with Gasteiger partial charge in [-0.05, 0) is 36.2 Å². The van der Waals surface area contributed by atoms with Crippen LogP contribution in [0.1, 0.15) is 40.1 Å². The zero-order chi connectivity index (χ0) is 17.7. The number of carbonyl (C=O) groups is 2. The summed E-state index contributed by atoms with van der Waals surface area (Å²) in [6, 6.07) is 11.7. The second kappa shape index (κ2) is 7.84. The number of carbonyl (C=O) groups excluding carboxylic acids is 2. The van der Waals surface area contributed by atoms with Crippen LogP contribution in [0.2, 0.25) is 0 Å². The number of imide groups is 1. The standard InChI is InChI=1S/C17H14FNO3.C2H6/c18-12-7-5-11(6-8-12)9-13(10-20)19-16(21)14-3-1-2-4-15(14)17(19)22;1-2/h1-8,13,20H,9-10H2;1-2H3/t13-;/m0./s1. The molecule has 2 amide bonds. The van der Waals surface area contributed by atoms with E-state index < -0.39 is 17.9 Å². The lowest BCUT2D eigenvalue weighted by Crippen LogP contribution is -2.43. The lowest BCUT2D eigenvalue weighted by Gasteiger charge is -2.24. The fourth-order valence-corrected chi connectivity index (χ4v) is 2.67. The molecule has 4 nitrogen and oxygen atoms in total.